The van der Waals surface area contributed by atoms with Crippen molar-refractivity contribution in [2.75, 3.05) is 0 Å². The second-order valence-electron chi connectivity index (χ2n) is 4.30. The molecule has 16 heavy (non-hydrogen) atoms. The largest absolute Gasteiger partial charge is 0.461 e. The predicted molar refractivity (Wildman–Crippen MR) is 62.5 cm³/mol. The first-order chi connectivity index (χ1) is 7.62. The molecule has 2 aromatic rings. The van der Waals surface area contributed by atoms with Crippen LogP contribution in [0.5, 0.6) is 0 Å². The van der Waals surface area contributed by atoms with Crippen LogP contribution in [0.4, 0.5) is 0 Å². The standard InChI is InChI=1S/C14H14O2/c1-14(2,11-7-4-3-5-8-11)13(15)12-9-6-10-16-12/h3-10H,1-2H3. The van der Waals surface area contributed by atoms with Crippen molar-refractivity contribution in [2.45, 2.75) is 19.3 Å². The third-order valence-corrected chi connectivity index (χ3v) is 2.81. The normalized spacial score (nSPS) is 11.4. The fourth-order valence-corrected chi connectivity index (χ4v) is 1.70. The number of hydrogen-bond donors (Lipinski definition) is 0. The van der Waals surface area contributed by atoms with Gasteiger partial charge in [-0.05, 0) is 31.5 Å². The van der Waals surface area contributed by atoms with Crippen LogP contribution in [0.15, 0.2) is 53.1 Å². The van der Waals surface area contributed by atoms with E-state index in [0.29, 0.717) is 5.76 Å². The van der Waals surface area contributed by atoms with Gasteiger partial charge in [-0.15, -0.1) is 0 Å². The van der Waals surface area contributed by atoms with Gasteiger partial charge in [0.15, 0.2) is 5.76 Å². The average Bonchev–Trinajstić information content (AvgIpc) is 2.82. The summed E-state index contributed by atoms with van der Waals surface area (Å²) in [6.07, 6.45) is 1.52. The van der Waals surface area contributed by atoms with Gasteiger partial charge in [-0.25, -0.2) is 0 Å². The molecule has 0 radical (unpaired) electrons. The molecule has 2 heteroatoms. The van der Waals surface area contributed by atoms with Crippen LogP contribution in [0.1, 0.15) is 30.0 Å². The van der Waals surface area contributed by atoms with Crippen LogP contribution in [-0.2, 0) is 5.41 Å². The SMILES string of the molecule is CC(C)(C(=O)c1ccco1)c1ccccc1. The second-order valence-corrected chi connectivity index (χ2v) is 4.30. The quantitative estimate of drug-likeness (QED) is 0.732. The second kappa shape index (κ2) is 3.97. The number of Topliss-reactive ketones (excluding diaryl/α,β-unsaturated/α-hetero) is 1. The molecule has 0 fully saturated rings. The lowest BCUT2D eigenvalue weighted by Gasteiger charge is -2.22. The minimum atomic E-state index is -0.556. The van der Waals surface area contributed by atoms with E-state index in [4.69, 9.17) is 4.42 Å². The molecule has 0 atom stereocenters. The van der Waals surface area contributed by atoms with Crippen molar-refractivity contribution in [1.29, 1.82) is 0 Å². The number of ketones is 1. The minimum Gasteiger partial charge on any atom is -0.461 e. The molecule has 0 N–H and O–H groups in total. The lowest BCUT2D eigenvalue weighted by atomic mass is 9.80. The summed E-state index contributed by atoms with van der Waals surface area (Å²) in [5.74, 6) is 0.414. The van der Waals surface area contributed by atoms with Gasteiger partial charge in [0.25, 0.3) is 0 Å². The first kappa shape index (κ1) is 10.7. The molecule has 0 aliphatic heterocycles. The number of furan rings is 1. The molecule has 0 bridgehead atoms. The summed E-state index contributed by atoms with van der Waals surface area (Å²) in [5, 5.41) is 0. The Morgan fingerprint density at radius 2 is 1.75 bits per heavy atom. The first-order valence-corrected chi connectivity index (χ1v) is 5.26. The Bertz CT molecular complexity index is 467. The molecule has 0 aliphatic rings. The van der Waals surface area contributed by atoms with E-state index >= 15 is 0 Å². The van der Waals surface area contributed by atoms with Crippen LogP contribution in [-0.4, -0.2) is 5.78 Å². The van der Waals surface area contributed by atoms with Crippen molar-refractivity contribution in [3.8, 4) is 0 Å². The molecular weight excluding hydrogens is 200 g/mol. The van der Waals surface area contributed by atoms with Gasteiger partial charge in [-0.2, -0.15) is 0 Å². The Hall–Kier alpha value is -1.83. The predicted octanol–water partition coefficient (Wildman–Crippen LogP) is 3.44. The first-order valence-electron chi connectivity index (χ1n) is 5.26. The Labute approximate surface area is 94.9 Å². The summed E-state index contributed by atoms with van der Waals surface area (Å²) in [4.78, 5) is 12.2. The van der Waals surface area contributed by atoms with Gasteiger partial charge in [-0.3, -0.25) is 4.79 Å². The van der Waals surface area contributed by atoms with Crippen molar-refractivity contribution in [1.82, 2.24) is 0 Å². The summed E-state index contributed by atoms with van der Waals surface area (Å²) in [6.45, 7) is 3.82. The van der Waals surface area contributed by atoms with Crippen LogP contribution in [0.3, 0.4) is 0 Å². The van der Waals surface area contributed by atoms with E-state index in [0.717, 1.165) is 5.56 Å². The van der Waals surface area contributed by atoms with Crippen LogP contribution in [0, 0.1) is 0 Å². The Balaban J connectivity index is 2.36. The molecule has 0 saturated heterocycles. The number of rotatable bonds is 3. The highest BCUT2D eigenvalue weighted by Gasteiger charge is 2.32. The molecule has 2 rings (SSSR count). The molecular formula is C14H14O2. The van der Waals surface area contributed by atoms with E-state index in [1.807, 2.05) is 44.2 Å². The van der Waals surface area contributed by atoms with Crippen molar-refractivity contribution >= 4 is 5.78 Å². The molecule has 1 aromatic heterocycles. The molecule has 1 aromatic carbocycles. The van der Waals surface area contributed by atoms with Crippen LogP contribution in [0.25, 0.3) is 0 Å². The van der Waals surface area contributed by atoms with Gasteiger partial charge in [0, 0.05) is 0 Å². The van der Waals surface area contributed by atoms with E-state index in [1.165, 1.54) is 6.26 Å². The van der Waals surface area contributed by atoms with Crippen LogP contribution >= 0.6 is 0 Å². The molecule has 1 heterocycles. The van der Waals surface area contributed by atoms with Gasteiger partial charge in [-0.1, -0.05) is 30.3 Å². The number of hydrogen-bond acceptors (Lipinski definition) is 2. The molecule has 2 nitrogen and oxygen atoms in total. The van der Waals surface area contributed by atoms with E-state index in [1.54, 1.807) is 12.1 Å². The molecule has 0 unspecified atom stereocenters. The van der Waals surface area contributed by atoms with E-state index < -0.39 is 5.41 Å². The van der Waals surface area contributed by atoms with Gasteiger partial charge >= 0.3 is 0 Å². The molecule has 0 spiro atoms. The zero-order valence-electron chi connectivity index (χ0n) is 9.44. The molecule has 82 valence electrons. The zero-order chi connectivity index (χ0) is 11.6. The molecule has 0 amide bonds. The van der Waals surface area contributed by atoms with E-state index in [-0.39, 0.29) is 5.78 Å². The highest BCUT2D eigenvalue weighted by Crippen LogP contribution is 2.27. The Morgan fingerprint density at radius 1 is 1.06 bits per heavy atom. The summed E-state index contributed by atoms with van der Waals surface area (Å²) >= 11 is 0. The lowest BCUT2D eigenvalue weighted by molar-refractivity contribution is 0.0880. The van der Waals surface area contributed by atoms with E-state index in [9.17, 15) is 4.79 Å². The summed E-state index contributed by atoms with van der Waals surface area (Å²) < 4.78 is 5.15. The number of carbonyl (C=O) groups excluding carboxylic acids is 1. The maximum atomic E-state index is 12.2. The maximum Gasteiger partial charge on any atom is 0.207 e. The van der Waals surface area contributed by atoms with Crippen LogP contribution < -0.4 is 0 Å². The Kier molecular flexibility index (Phi) is 2.65. The van der Waals surface area contributed by atoms with Gasteiger partial charge in [0.2, 0.25) is 5.78 Å². The number of benzene rings is 1. The monoisotopic (exact) mass is 214 g/mol. The van der Waals surface area contributed by atoms with Crippen LogP contribution in [0.2, 0.25) is 0 Å². The Morgan fingerprint density at radius 3 is 2.31 bits per heavy atom. The highest BCUT2D eigenvalue weighted by molar-refractivity contribution is 6.01. The number of carbonyl (C=O) groups is 1. The van der Waals surface area contributed by atoms with E-state index in [2.05, 4.69) is 0 Å². The topological polar surface area (TPSA) is 30.2 Å². The van der Waals surface area contributed by atoms with Gasteiger partial charge < -0.3 is 4.42 Å². The summed E-state index contributed by atoms with van der Waals surface area (Å²) in [6, 6.07) is 13.2. The van der Waals surface area contributed by atoms with Crippen molar-refractivity contribution in [3.05, 3.63) is 60.1 Å². The zero-order valence-corrected chi connectivity index (χ0v) is 9.44. The fourth-order valence-electron chi connectivity index (χ4n) is 1.70. The fraction of sp³-hybridized carbons (Fsp3) is 0.214. The molecule has 0 saturated carbocycles. The van der Waals surface area contributed by atoms with Crippen molar-refractivity contribution in [3.63, 3.8) is 0 Å². The summed E-state index contributed by atoms with van der Waals surface area (Å²) in [7, 11) is 0. The van der Waals surface area contributed by atoms with Crippen molar-refractivity contribution in [2.24, 2.45) is 0 Å². The van der Waals surface area contributed by atoms with Gasteiger partial charge in [0.05, 0.1) is 11.7 Å². The van der Waals surface area contributed by atoms with Crippen molar-refractivity contribution < 1.29 is 9.21 Å². The highest BCUT2D eigenvalue weighted by atomic mass is 16.3. The minimum absolute atomic E-state index is 0.00343. The smallest absolute Gasteiger partial charge is 0.207 e. The maximum absolute atomic E-state index is 12.2. The lowest BCUT2D eigenvalue weighted by Crippen LogP contribution is -2.28. The summed E-state index contributed by atoms with van der Waals surface area (Å²) in [5.41, 5.74) is 0.440. The third kappa shape index (κ3) is 1.78. The average molecular weight is 214 g/mol. The van der Waals surface area contributed by atoms with Gasteiger partial charge in [0.1, 0.15) is 0 Å². The molecule has 0 aliphatic carbocycles. The third-order valence-electron chi connectivity index (χ3n) is 2.81.